The van der Waals surface area contributed by atoms with Crippen molar-refractivity contribution in [3.63, 3.8) is 0 Å². The number of thiophene rings is 1. The largest absolute Gasteiger partial charge is 0.462 e. The van der Waals surface area contributed by atoms with Crippen molar-refractivity contribution in [1.29, 1.82) is 0 Å². The number of nitrogens with one attached hydrogen (secondary N) is 1. The van der Waals surface area contributed by atoms with Gasteiger partial charge in [-0.2, -0.15) is 0 Å². The minimum absolute atomic E-state index is 0.198. The summed E-state index contributed by atoms with van der Waals surface area (Å²) in [4.78, 5) is 42.7. The Hall–Kier alpha value is -3.78. The minimum atomic E-state index is -0.445. The van der Waals surface area contributed by atoms with E-state index in [9.17, 15) is 14.4 Å². The Balaban J connectivity index is 1.54. The number of fused-ring (bicyclic) bond motifs is 1. The first kappa shape index (κ1) is 21.5. The third-order valence-electron chi connectivity index (χ3n) is 4.78. The van der Waals surface area contributed by atoms with Gasteiger partial charge in [0.1, 0.15) is 11.4 Å². The predicted octanol–water partition coefficient (Wildman–Crippen LogP) is 4.33. The summed E-state index contributed by atoms with van der Waals surface area (Å²) in [5.74, 6) is -0.844. The fourth-order valence-electron chi connectivity index (χ4n) is 3.27. The maximum atomic E-state index is 13.1. The van der Waals surface area contributed by atoms with Crippen LogP contribution in [0.25, 0.3) is 21.3 Å². The van der Waals surface area contributed by atoms with Crippen LogP contribution in [0, 0.1) is 0 Å². The van der Waals surface area contributed by atoms with E-state index in [-0.39, 0.29) is 12.1 Å². The molecule has 0 fully saturated rings. The van der Waals surface area contributed by atoms with E-state index in [0.717, 1.165) is 17.5 Å². The average Bonchev–Trinajstić information content (AvgIpc) is 3.25. The van der Waals surface area contributed by atoms with Crippen molar-refractivity contribution >= 4 is 39.1 Å². The zero-order chi connectivity index (χ0) is 22.5. The lowest BCUT2D eigenvalue weighted by Gasteiger charge is -2.09. The highest BCUT2D eigenvalue weighted by molar-refractivity contribution is 7.17. The second-order valence-corrected chi connectivity index (χ2v) is 8.00. The Morgan fingerprint density at radius 1 is 1.12 bits per heavy atom. The van der Waals surface area contributed by atoms with Gasteiger partial charge in [-0.15, -0.1) is 11.3 Å². The number of rotatable bonds is 7. The lowest BCUT2D eigenvalue weighted by Crippen LogP contribution is -2.27. The number of hydrogen-bond donors (Lipinski definition) is 1. The zero-order valence-corrected chi connectivity index (χ0v) is 18.2. The van der Waals surface area contributed by atoms with Crippen molar-refractivity contribution in [1.82, 2.24) is 9.55 Å². The normalized spacial score (nSPS) is 10.8. The number of amides is 1. The monoisotopic (exact) mass is 447 g/mol. The highest BCUT2D eigenvalue weighted by Crippen LogP contribution is 2.30. The van der Waals surface area contributed by atoms with Crippen LogP contribution in [0.15, 0.2) is 71.1 Å². The number of hydrogen-bond acceptors (Lipinski definition) is 6. The van der Waals surface area contributed by atoms with Gasteiger partial charge in [-0.1, -0.05) is 43.3 Å². The molecule has 7 nitrogen and oxygen atoms in total. The molecule has 0 atom stereocenters. The summed E-state index contributed by atoms with van der Waals surface area (Å²) in [6.45, 7) is 2.05. The van der Waals surface area contributed by atoms with Gasteiger partial charge >= 0.3 is 5.97 Å². The van der Waals surface area contributed by atoms with Crippen molar-refractivity contribution in [3.05, 3.63) is 82.2 Å². The molecule has 32 heavy (non-hydrogen) atoms. The number of nitrogens with zero attached hydrogens (tertiary/aromatic N) is 2. The summed E-state index contributed by atoms with van der Waals surface area (Å²) in [6.07, 6.45) is 2.11. The second-order valence-electron chi connectivity index (χ2n) is 7.14. The molecule has 0 aliphatic carbocycles. The lowest BCUT2D eigenvalue weighted by molar-refractivity contribution is -0.116. The van der Waals surface area contributed by atoms with Crippen LogP contribution in [-0.4, -0.2) is 28.0 Å². The highest BCUT2D eigenvalue weighted by atomic mass is 32.1. The molecular formula is C24H21N3O4S. The number of esters is 1. The molecule has 0 aliphatic heterocycles. The van der Waals surface area contributed by atoms with Crippen LogP contribution in [0.4, 0.5) is 5.69 Å². The van der Waals surface area contributed by atoms with Gasteiger partial charge in [0.25, 0.3) is 5.56 Å². The van der Waals surface area contributed by atoms with Crippen molar-refractivity contribution in [2.24, 2.45) is 0 Å². The Morgan fingerprint density at radius 2 is 1.94 bits per heavy atom. The number of carbonyl (C=O) groups is 2. The molecule has 1 amide bonds. The summed E-state index contributed by atoms with van der Waals surface area (Å²) in [5, 5.41) is 5.13. The molecule has 0 unspecified atom stereocenters. The highest BCUT2D eigenvalue weighted by Gasteiger charge is 2.15. The average molecular weight is 448 g/mol. The van der Waals surface area contributed by atoms with E-state index in [1.54, 1.807) is 24.3 Å². The van der Waals surface area contributed by atoms with E-state index in [1.165, 1.54) is 22.2 Å². The molecule has 4 rings (SSSR count). The molecule has 2 aromatic heterocycles. The molecule has 0 bridgehead atoms. The Labute approximate surface area is 188 Å². The number of anilines is 1. The maximum absolute atomic E-state index is 13.1. The van der Waals surface area contributed by atoms with E-state index >= 15 is 0 Å². The lowest BCUT2D eigenvalue weighted by atomic mass is 10.1. The molecule has 8 heteroatoms. The number of carbonyl (C=O) groups excluding carboxylic acids is 2. The molecule has 162 valence electrons. The van der Waals surface area contributed by atoms with Gasteiger partial charge in [-0.05, 0) is 30.2 Å². The van der Waals surface area contributed by atoms with E-state index < -0.39 is 11.9 Å². The molecule has 4 aromatic rings. The van der Waals surface area contributed by atoms with Gasteiger partial charge in [0.15, 0.2) is 0 Å². The number of ether oxygens (including phenoxy) is 1. The van der Waals surface area contributed by atoms with Crippen LogP contribution in [0.1, 0.15) is 23.7 Å². The van der Waals surface area contributed by atoms with Crippen molar-refractivity contribution in [2.75, 3.05) is 11.9 Å². The van der Waals surface area contributed by atoms with Gasteiger partial charge in [0, 0.05) is 16.6 Å². The molecule has 0 saturated heterocycles. The van der Waals surface area contributed by atoms with Crippen LogP contribution in [0.5, 0.6) is 0 Å². The van der Waals surface area contributed by atoms with E-state index in [0.29, 0.717) is 28.1 Å². The van der Waals surface area contributed by atoms with E-state index in [4.69, 9.17) is 4.74 Å². The summed E-state index contributed by atoms with van der Waals surface area (Å²) in [5.41, 5.74) is 2.25. The number of benzene rings is 2. The second kappa shape index (κ2) is 9.57. The molecule has 2 aromatic carbocycles. The smallest absolute Gasteiger partial charge is 0.338 e. The standard InChI is InChI=1S/C24H21N3O4S/c1-2-11-31-24(30)17-9-6-10-18(12-17)26-20(28)13-27-15-25-22-21(23(27)29)19(14-32-22)16-7-4-3-5-8-16/h3-10,12,14-15H,2,11,13H2,1H3,(H,26,28). The number of aromatic nitrogens is 2. The zero-order valence-electron chi connectivity index (χ0n) is 17.4. The molecule has 0 spiro atoms. The fraction of sp³-hybridized carbons (Fsp3) is 0.167. The van der Waals surface area contributed by atoms with Gasteiger partial charge in [0.05, 0.1) is 23.9 Å². The molecule has 0 aliphatic rings. The van der Waals surface area contributed by atoms with E-state index in [2.05, 4.69) is 10.3 Å². The SMILES string of the molecule is CCCOC(=O)c1cccc(NC(=O)Cn2cnc3scc(-c4ccccc4)c3c2=O)c1. The van der Waals surface area contributed by atoms with E-state index in [1.807, 2.05) is 42.6 Å². The predicted molar refractivity (Wildman–Crippen MR) is 125 cm³/mol. The van der Waals surface area contributed by atoms with Gasteiger partial charge in [0.2, 0.25) is 5.91 Å². The molecular weight excluding hydrogens is 426 g/mol. The van der Waals surface area contributed by atoms with Crippen LogP contribution < -0.4 is 10.9 Å². The Bertz CT molecular complexity index is 1330. The topological polar surface area (TPSA) is 90.3 Å². The van der Waals surface area contributed by atoms with Crippen LogP contribution in [0.2, 0.25) is 0 Å². The van der Waals surface area contributed by atoms with Gasteiger partial charge in [-0.3, -0.25) is 14.2 Å². The quantitative estimate of drug-likeness (QED) is 0.426. The first-order chi connectivity index (χ1) is 15.6. The van der Waals surface area contributed by atoms with Crippen LogP contribution in [0.3, 0.4) is 0 Å². The van der Waals surface area contributed by atoms with Crippen LogP contribution >= 0.6 is 11.3 Å². The molecule has 0 saturated carbocycles. The molecule has 0 radical (unpaired) electrons. The maximum Gasteiger partial charge on any atom is 0.338 e. The first-order valence-electron chi connectivity index (χ1n) is 10.2. The summed E-state index contributed by atoms with van der Waals surface area (Å²) in [7, 11) is 0. The van der Waals surface area contributed by atoms with Gasteiger partial charge < -0.3 is 10.1 Å². The summed E-state index contributed by atoms with van der Waals surface area (Å²) < 4.78 is 6.41. The molecule has 2 heterocycles. The molecule has 1 N–H and O–H groups in total. The Morgan fingerprint density at radius 3 is 2.72 bits per heavy atom. The van der Waals surface area contributed by atoms with Gasteiger partial charge in [-0.25, -0.2) is 9.78 Å². The third-order valence-corrected chi connectivity index (χ3v) is 5.67. The fourth-order valence-corrected chi connectivity index (χ4v) is 4.17. The first-order valence-corrected chi connectivity index (χ1v) is 11.0. The third kappa shape index (κ3) is 4.60. The van der Waals surface area contributed by atoms with Crippen molar-refractivity contribution in [2.45, 2.75) is 19.9 Å². The van der Waals surface area contributed by atoms with Crippen molar-refractivity contribution < 1.29 is 14.3 Å². The minimum Gasteiger partial charge on any atom is -0.462 e. The van der Waals surface area contributed by atoms with Crippen molar-refractivity contribution in [3.8, 4) is 11.1 Å². The summed E-state index contributed by atoms with van der Waals surface area (Å²) in [6, 6.07) is 16.1. The summed E-state index contributed by atoms with van der Waals surface area (Å²) >= 11 is 1.39. The van der Waals surface area contributed by atoms with Crippen LogP contribution in [-0.2, 0) is 16.1 Å². The Kier molecular flexibility index (Phi) is 6.42.